The number of rotatable bonds is 9. The highest BCUT2D eigenvalue weighted by Crippen LogP contribution is 2.16. The Bertz CT molecular complexity index is 292. The zero-order valence-corrected chi connectivity index (χ0v) is 14.6. The Morgan fingerprint density at radius 2 is 1.80 bits per heavy atom. The van der Waals surface area contributed by atoms with Crippen LogP contribution in [-0.4, -0.2) is 49.2 Å². The Morgan fingerprint density at radius 3 is 2.20 bits per heavy atom. The van der Waals surface area contributed by atoms with Gasteiger partial charge < -0.3 is 9.64 Å². The highest BCUT2D eigenvalue weighted by Gasteiger charge is 2.34. The molecule has 1 N–H and O–H groups in total. The van der Waals surface area contributed by atoms with Crippen molar-refractivity contribution in [2.24, 2.45) is 5.92 Å². The maximum Gasteiger partial charge on any atom is 0.325 e. The van der Waals surface area contributed by atoms with E-state index < -0.39 is 5.54 Å². The fourth-order valence-electron chi connectivity index (χ4n) is 2.58. The second-order valence-electron chi connectivity index (χ2n) is 6.83. The molecule has 0 aromatic rings. The first-order valence-corrected chi connectivity index (χ1v) is 7.68. The molecule has 0 rings (SSSR count). The lowest BCUT2D eigenvalue weighted by molar-refractivity contribution is -0.148. The zero-order valence-electron chi connectivity index (χ0n) is 14.6. The Labute approximate surface area is 125 Å². The number of nitrogens with one attached hydrogen (secondary N) is 1. The van der Waals surface area contributed by atoms with Crippen molar-refractivity contribution in [3.8, 4) is 0 Å². The SMILES string of the molecule is COC(=O)C(C)(CCN(C)C(C)CC(C)C)NC(C)C. The standard InChI is InChI=1S/C16H34N2O2/c1-12(2)11-14(5)18(7)10-9-16(6,15(19)20-8)17-13(3)4/h12-14,17H,9-11H2,1-8H3. The van der Waals surface area contributed by atoms with E-state index in [1.165, 1.54) is 13.5 Å². The Hall–Kier alpha value is -0.610. The molecular formula is C16H34N2O2. The minimum Gasteiger partial charge on any atom is -0.468 e. The first-order chi connectivity index (χ1) is 9.12. The van der Waals surface area contributed by atoms with Crippen LogP contribution in [0.15, 0.2) is 0 Å². The van der Waals surface area contributed by atoms with Crippen molar-refractivity contribution >= 4 is 5.97 Å². The van der Waals surface area contributed by atoms with Gasteiger partial charge in [-0.1, -0.05) is 13.8 Å². The largest absolute Gasteiger partial charge is 0.468 e. The predicted octanol–water partition coefficient (Wildman–Crippen LogP) is 2.67. The van der Waals surface area contributed by atoms with Gasteiger partial charge in [-0.25, -0.2) is 0 Å². The van der Waals surface area contributed by atoms with Crippen molar-refractivity contribution in [3.05, 3.63) is 0 Å². The van der Waals surface area contributed by atoms with Crippen molar-refractivity contribution in [1.82, 2.24) is 10.2 Å². The van der Waals surface area contributed by atoms with Crippen LogP contribution in [0, 0.1) is 5.92 Å². The average molecular weight is 286 g/mol. The van der Waals surface area contributed by atoms with E-state index in [1.807, 2.05) is 20.8 Å². The van der Waals surface area contributed by atoms with Crippen LogP contribution in [-0.2, 0) is 9.53 Å². The molecule has 0 radical (unpaired) electrons. The lowest BCUT2D eigenvalue weighted by Crippen LogP contribution is -2.54. The molecule has 4 nitrogen and oxygen atoms in total. The Balaban J connectivity index is 4.57. The van der Waals surface area contributed by atoms with Crippen molar-refractivity contribution < 1.29 is 9.53 Å². The first kappa shape index (κ1) is 19.4. The van der Waals surface area contributed by atoms with E-state index >= 15 is 0 Å². The molecule has 0 fully saturated rings. The van der Waals surface area contributed by atoms with E-state index in [0.717, 1.165) is 13.0 Å². The molecular weight excluding hydrogens is 252 g/mol. The quantitative estimate of drug-likeness (QED) is 0.662. The van der Waals surface area contributed by atoms with Crippen molar-refractivity contribution in [2.75, 3.05) is 20.7 Å². The van der Waals surface area contributed by atoms with Crippen LogP contribution in [0.1, 0.15) is 54.4 Å². The van der Waals surface area contributed by atoms with Gasteiger partial charge in [0.2, 0.25) is 0 Å². The smallest absolute Gasteiger partial charge is 0.325 e. The maximum atomic E-state index is 12.0. The van der Waals surface area contributed by atoms with Gasteiger partial charge in [0.25, 0.3) is 0 Å². The molecule has 0 aromatic carbocycles. The molecule has 0 bridgehead atoms. The van der Waals surface area contributed by atoms with Gasteiger partial charge in [-0.05, 0) is 53.5 Å². The molecule has 2 unspecified atom stereocenters. The number of hydrogen-bond acceptors (Lipinski definition) is 4. The van der Waals surface area contributed by atoms with E-state index in [0.29, 0.717) is 12.0 Å². The average Bonchev–Trinajstić information content (AvgIpc) is 2.33. The molecule has 20 heavy (non-hydrogen) atoms. The normalized spacial score (nSPS) is 16.6. The lowest BCUT2D eigenvalue weighted by Gasteiger charge is -2.33. The second kappa shape index (κ2) is 8.63. The Morgan fingerprint density at radius 1 is 1.25 bits per heavy atom. The predicted molar refractivity (Wildman–Crippen MR) is 84.9 cm³/mol. The summed E-state index contributed by atoms with van der Waals surface area (Å²) in [6.07, 6.45) is 1.92. The number of nitrogens with zero attached hydrogens (tertiary/aromatic N) is 1. The number of hydrogen-bond donors (Lipinski definition) is 1. The summed E-state index contributed by atoms with van der Waals surface area (Å²) in [7, 11) is 3.58. The van der Waals surface area contributed by atoms with Gasteiger partial charge in [0.15, 0.2) is 0 Å². The van der Waals surface area contributed by atoms with Gasteiger partial charge in [0.05, 0.1) is 7.11 Å². The summed E-state index contributed by atoms with van der Waals surface area (Å²) in [5, 5.41) is 3.34. The number of esters is 1. The van der Waals surface area contributed by atoms with Gasteiger partial charge in [0.1, 0.15) is 5.54 Å². The van der Waals surface area contributed by atoms with Crippen LogP contribution in [0.4, 0.5) is 0 Å². The van der Waals surface area contributed by atoms with Crippen molar-refractivity contribution in [1.29, 1.82) is 0 Å². The molecule has 0 saturated carbocycles. The summed E-state index contributed by atoms with van der Waals surface area (Å²) in [5.41, 5.74) is -0.616. The van der Waals surface area contributed by atoms with E-state index in [-0.39, 0.29) is 12.0 Å². The first-order valence-electron chi connectivity index (χ1n) is 7.68. The molecule has 0 aromatic heterocycles. The van der Waals surface area contributed by atoms with Gasteiger partial charge in [-0.2, -0.15) is 0 Å². The van der Waals surface area contributed by atoms with Gasteiger partial charge in [-0.3, -0.25) is 10.1 Å². The summed E-state index contributed by atoms with van der Waals surface area (Å²) in [4.78, 5) is 14.3. The van der Waals surface area contributed by atoms with Gasteiger partial charge >= 0.3 is 5.97 Å². The minimum absolute atomic E-state index is 0.184. The van der Waals surface area contributed by atoms with Crippen LogP contribution < -0.4 is 5.32 Å². The van der Waals surface area contributed by atoms with Crippen LogP contribution >= 0.6 is 0 Å². The minimum atomic E-state index is -0.616. The van der Waals surface area contributed by atoms with E-state index in [2.05, 4.69) is 38.0 Å². The van der Waals surface area contributed by atoms with Gasteiger partial charge in [0, 0.05) is 18.6 Å². The summed E-state index contributed by atoms with van der Waals surface area (Å²) in [6.45, 7) is 13.6. The maximum absolute atomic E-state index is 12.0. The third kappa shape index (κ3) is 6.71. The zero-order chi connectivity index (χ0) is 15.9. The monoisotopic (exact) mass is 286 g/mol. The molecule has 0 aliphatic rings. The highest BCUT2D eigenvalue weighted by atomic mass is 16.5. The summed E-state index contributed by atoms with van der Waals surface area (Å²) < 4.78 is 4.95. The van der Waals surface area contributed by atoms with Gasteiger partial charge in [-0.15, -0.1) is 0 Å². The van der Waals surface area contributed by atoms with Crippen LogP contribution in [0.5, 0.6) is 0 Å². The topological polar surface area (TPSA) is 41.6 Å². The van der Waals surface area contributed by atoms with Crippen LogP contribution in [0.3, 0.4) is 0 Å². The molecule has 2 atom stereocenters. The second-order valence-corrected chi connectivity index (χ2v) is 6.83. The third-order valence-electron chi connectivity index (χ3n) is 3.77. The third-order valence-corrected chi connectivity index (χ3v) is 3.77. The molecule has 0 aliphatic heterocycles. The van der Waals surface area contributed by atoms with Crippen molar-refractivity contribution in [2.45, 2.75) is 72.0 Å². The summed E-state index contributed by atoms with van der Waals surface area (Å²) in [6, 6.07) is 0.772. The fraction of sp³-hybridized carbons (Fsp3) is 0.938. The molecule has 120 valence electrons. The lowest BCUT2D eigenvalue weighted by atomic mass is 9.95. The molecule has 4 heteroatoms. The number of methoxy groups -OCH3 is 1. The van der Waals surface area contributed by atoms with E-state index in [9.17, 15) is 4.79 Å². The molecule has 0 amide bonds. The molecule has 0 heterocycles. The molecule has 0 aliphatic carbocycles. The number of ether oxygens (including phenoxy) is 1. The number of carbonyl (C=O) groups excluding carboxylic acids is 1. The summed E-state index contributed by atoms with van der Waals surface area (Å²) in [5.74, 6) is 0.504. The Kier molecular flexibility index (Phi) is 8.36. The van der Waals surface area contributed by atoms with Crippen LogP contribution in [0.2, 0.25) is 0 Å². The fourth-order valence-corrected chi connectivity index (χ4v) is 2.58. The van der Waals surface area contributed by atoms with Crippen LogP contribution in [0.25, 0.3) is 0 Å². The summed E-state index contributed by atoms with van der Waals surface area (Å²) >= 11 is 0. The number of carbonyl (C=O) groups is 1. The van der Waals surface area contributed by atoms with Crippen molar-refractivity contribution in [3.63, 3.8) is 0 Å². The van der Waals surface area contributed by atoms with E-state index in [1.54, 1.807) is 0 Å². The highest BCUT2D eigenvalue weighted by molar-refractivity contribution is 5.80. The molecule has 0 spiro atoms. The molecule has 0 saturated heterocycles. The van der Waals surface area contributed by atoms with E-state index in [4.69, 9.17) is 4.74 Å².